The van der Waals surface area contributed by atoms with E-state index in [4.69, 9.17) is 9.47 Å². The monoisotopic (exact) mass is 204 g/mol. The van der Waals surface area contributed by atoms with Crippen LogP contribution in [0.25, 0.3) is 0 Å². The lowest BCUT2D eigenvalue weighted by Crippen LogP contribution is -2.24. The van der Waals surface area contributed by atoms with Crippen LogP contribution in [-0.2, 0) is 0 Å². The molecule has 0 radical (unpaired) electrons. The van der Waals surface area contributed by atoms with Crippen LogP contribution in [0.3, 0.4) is 0 Å². The van der Waals surface area contributed by atoms with E-state index in [1.165, 1.54) is 0 Å². The summed E-state index contributed by atoms with van der Waals surface area (Å²) in [5, 5.41) is 8.35. The number of hydrogen-bond donors (Lipinski definition) is 0. The van der Waals surface area contributed by atoms with Crippen LogP contribution in [0.15, 0.2) is 28.4 Å². The lowest BCUT2D eigenvalue weighted by molar-refractivity contribution is 0.213. The molecule has 4 nitrogen and oxygen atoms in total. The van der Waals surface area contributed by atoms with Gasteiger partial charge in [0.05, 0.1) is 20.3 Å². The number of rotatable bonds is 1. The van der Waals surface area contributed by atoms with Crippen LogP contribution in [0.4, 0.5) is 0 Å². The van der Waals surface area contributed by atoms with Gasteiger partial charge in [0.25, 0.3) is 0 Å². The molecular weight excluding hydrogens is 192 g/mol. The van der Waals surface area contributed by atoms with Crippen LogP contribution < -0.4 is 9.47 Å². The van der Waals surface area contributed by atoms with Gasteiger partial charge in [-0.25, -0.2) is 0 Å². The fraction of sp³-hybridized carbons (Fsp3) is 0.455. The number of methoxy groups -OCH3 is 1. The minimum atomic E-state index is 0.170. The van der Waals surface area contributed by atoms with Crippen LogP contribution in [0.1, 0.15) is 11.6 Å². The Labute approximate surface area is 87.9 Å². The van der Waals surface area contributed by atoms with Crippen LogP contribution in [-0.4, -0.2) is 20.3 Å². The molecule has 2 atom stereocenters. The Kier molecular flexibility index (Phi) is 1.87. The molecule has 2 unspecified atom stereocenters. The smallest absolute Gasteiger partial charge is 0.125 e. The molecule has 0 bridgehead atoms. The van der Waals surface area contributed by atoms with E-state index in [9.17, 15) is 0 Å². The predicted octanol–water partition coefficient (Wildman–Crippen LogP) is 2.21. The Hall–Kier alpha value is -1.58. The number of ether oxygens (including phenoxy) is 2. The Morgan fingerprint density at radius 2 is 2.40 bits per heavy atom. The third kappa shape index (κ3) is 1.28. The molecule has 0 aliphatic carbocycles. The Morgan fingerprint density at radius 1 is 1.47 bits per heavy atom. The summed E-state index contributed by atoms with van der Waals surface area (Å²) in [5.74, 6) is 2.17. The van der Waals surface area contributed by atoms with Crippen molar-refractivity contribution in [1.29, 1.82) is 0 Å². The van der Waals surface area contributed by atoms with E-state index in [0.29, 0.717) is 5.92 Å². The standard InChI is InChI=1S/C11H12N2O2/c1-14-8-2-3-10-9(4-8)11-7(6-15-10)5-12-13-11/h2-4,7,11H,5-6H2,1H3. The zero-order chi connectivity index (χ0) is 10.3. The molecule has 4 heteroatoms. The summed E-state index contributed by atoms with van der Waals surface area (Å²) in [7, 11) is 1.67. The summed E-state index contributed by atoms with van der Waals surface area (Å²) in [6.45, 7) is 1.50. The van der Waals surface area contributed by atoms with Crippen molar-refractivity contribution in [2.45, 2.75) is 6.04 Å². The van der Waals surface area contributed by atoms with Gasteiger partial charge in [0.2, 0.25) is 0 Å². The summed E-state index contributed by atoms with van der Waals surface area (Å²) in [6, 6.07) is 6.02. The second-order valence-corrected chi connectivity index (χ2v) is 3.86. The second-order valence-electron chi connectivity index (χ2n) is 3.86. The highest BCUT2D eigenvalue weighted by Gasteiger charge is 2.34. The lowest BCUT2D eigenvalue weighted by Gasteiger charge is -2.26. The summed E-state index contributed by atoms with van der Waals surface area (Å²) >= 11 is 0. The molecule has 0 N–H and O–H groups in total. The number of hydrogen-bond acceptors (Lipinski definition) is 4. The van der Waals surface area contributed by atoms with Crippen molar-refractivity contribution < 1.29 is 9.47 Å². The molecule has 0 saturated carbocycles. The van der Waals surface area contributed by atoms with E-state index in [1.54, 1.807) is 7.11 Å². The average Bonchev–Trinajstić information content (AvgIpc) is 2.76. The molecule has 2 aliphatic rings. The van der Waals surface area contributed by atoms with E-state index in [-0.39, 0.29) is 6.04 Å². The predicted molar refractivity (Wildman–Crippen MR) is 54.4 cm³/mol. The summed E-state index contributed by atoms with van der Waals surface area (Å²) < 4.78 is 10.9. The third-order valence-electron chi connectivity index (χ3n) is 2.96. The highest BCUT2D eigenvalue weighted by Crippen LogP contribution is 2.42. The highest BCUT2D eigenvalue weighted by molar-refractivity contribution is 5.44. The molecule has 0 amide bonds. The molecule has 1 aromatic carbocycles. The van der Waals surface area contributed by atoms with Crippen molar-refractivity contribution in [3.63, 3.8) is 0 Å². The summed E-state index contributed by atoms with van der Waals surface area (Å²) in [6.07, 6.45) is 0. The minimum absolute atomic E-state index is 0.170. The first-order valence-electron chi connectivity index (χ1n) is 5.06. The summed E-state index contributed by atoms with van der Waals surface area (Å²) in [5.41, 5.74) is 1.10. The molecule has 0 saturated heterocycles. The Balaban J connectivity index is 2.06. The Morgan fingerprint density at radius 3 is 3.27 bits per heavy atom. The Bertz CT molecular complexity index is 417. The first kappa shape index (κ1) is 8.71. The van der Waals surface area contributed by atoms with Gasteiger partial charge in [-0.15, -0.1) is 0 Å². The number of fused-ring (bicyclic) bond motifs is 3. The van der Waals surface area contributed by atoms with Gasteiger partial charge >= 0.3 is 0 Å². The van der Waals surface area contributed by atoms with Crippen molar-refractivity contribution in [3.05, 3.63) is 23.8 Å². The van der Waals surface area contributed by atoms with Gasteiger partial charge in [0.1, 0.15) is 17.5 Å². The van der Waals surface area contributed by atoms with E-state index >= 15 is 0 Å². The molecular formula is C11H12N2O2. The van der Waals surface area contributed by atoms with Crippen molar-refractivity contribution in [3.8, 4) is 11.5 Å². The normalized spacial score (nSPS) is 26.7. The highest BCUT2D eigenvalue weighted by atomic mass is 16.5. The van der Waals surface area contributed by atoms with Crippen LogP contribution in [0.5, 0.6) is 11.5 Å². The average molecular weight is 204 g/mol. The SMILES string of the molecule is COc1ccc2c(c1)C1N=NCC1CO2. The molecule has 0 aromatic heterocycles. The van der Waals surface area contributed by atoms with Crippen molar-refractivity contribution >= 4 is 0 Å². The van der Waals surface area contributed by atoms with Gasteiger partial charge in [-0.3, -0.25) is 0 Å². The molecule has 78 valence electrons. The number of azo groups is 1. The third-order valence-corrected chi connectivity index (χ3v) is 2.96. The fourth-order valence-corrected chi connectivity index (χ4v) is 2.11. The second kappa shape index (κ2) is 3.22. The minimum Gasteiger partial charge on any atom is -0.497 e. The van der Waals surface area contributed by atoms with Gasteiger partial charge in [0, 0.05) is 11.5 Å². The largest absolute Gasteiger partial charge is 0.497 e. The molecule has 2 aliphatic heterocycles. The quantitative estimate of drug-likeness (QED) is 0.703. The van der Waals surface area contributed by atoms with Crippen LogP contribution in [0, 0.1) is 5.92 Å². The zero-order valence-corrected chi connectivity index (χ0v) is 8.51. The molecule has 1 aromatic rings. The molecule has 0 fully saturated rings. The van der Waals surface area contributed by atoms with E-state index in [1.807, 2.05) is 18.2 Å². The maximum Gasteiger partial charge on any atom is 0.125 e. The number of benzene rings is 1. The molecule has 3 rings (SSSR count). The van der Waals surface area contributed by atoms with E-state index in [2.05, 4.69) is 10.2 Å². The van der Waals surface area contributed by atoms with E-state index in [0.717, 1.165) is 30.2 Å². The summed E-state index contributed by atoms with van der Waals surface area (Å²) in [4.78, 5) is 0. The molecule has 0 spiro atoms. The fourth-order valence-electron chi connectivity index (χ4n) is 2.11. The van der Waals surface area contributed by atoms with Crippen LogP contribution in [0.2, 0.25) is 0 Å². The van der Waals surface area contributed by atoms with Gasteiger partial charge in [-0.05, 0) is 18.2 Å². The molecule has 15 heavy (non-hydrogen) atoms. The van der Waals surface area contributed by atoms with Crippen LogP contribution >= 0.6 is 0 Å². The van der Waals surface area contributed by atoms with Gasteiger partial charge in [-0.1, -0.05) is 0 Å². The first-order valence-corrected chi connectivity index (χ1v) is 5.06. The maximum absolute atomic E-state index is 5.66. The van der Waals surface area contributed by atoms with Crippen molar-refractivity contribution in [1.82, 2.24) is 0 Å². The topological polar surface area (TPSA) is 43.2 Å². The zero-order valence-electron chi connectivity index (χ0n) is 8.51. The van der Waals surface area contributed by atoms with Gasteiger partial charge in [-0.2, -0.15) is 10.2 Å². The van der Waals surface area contributed by atoms with E-state index < -0.39 is 0 Å². The van der Waals surface area contributed by atoms with Gasteiger partial charge < -0.3 is 9.47 Å². The van der Waals surface area contributed by atoms with Crippen molar-refractivity contribution in [2.24, 2.45) is 16.1 Å². The number of nitrogens with zero attached hydrogens (tertiary/aromatic N) is 2. The maximum atomic E-state index is 5.66. The lowest BCUT2D eigenvalue weighted by atomic mass is 9.92. The first-order chi connectivity index (χ1) is 7.38. The van der Waals surface area contributed by atoms with Gasteiger partial charge in [0.15, 0.2) is 0 Å². The molecule has 2 heterocycles. The van der Waals surface area contributed by atoms with Crippen molar-refractivity contribution in [2.75, 3.05) is 20.3 Å².